The lowest BCUT2D eigenvalue weighted by Gasteiger charge is -2.02. The van der Waals surface area contributed by atoms with Gasteiger partial charge in [0.1, 0.15) is 0 Å². The fourth-order valence-electron chi connectivity index (χ4n) is 1.39. The highest BCUT2D eigenvalue weighted by Crippen LogP contribution is 2.27. The third-order valence-electron chi connectivity index (χ3n) is 2.35. The molecule has 0 aliphatic heterocycles. The summed E-state index contributed by atoms with van der Waals surface area (Å²) in [5.41, 5.74) is 9.80. The van der Waals surface area contributed by atoms with E-state index in [4.69, 9.17) is 5.73 Å². The first-order valence-electron chi connectivity index (χ1n) is 4.61. The average Bonchev–Trinajstić information content (AvgIpc) is 2.70. The van der Waals surface area contributed by atoms with Crippen LogP contribution in [0.1, 0.15) is 15.2 Å². The normalized spacial score (nSPS) is 10.2. The molecule has 0 spiro atoms. The van der Waals surface area contributed by atoms with Crippen molar-refractivity contribution in [1.29, 1.82) is 0 Å². The largest absolute Gasteiger partial charge is 0.398 e. The van der Waals surface area contributed by atoms with Crippen LogP contribution in [0.2, 0.25) is 0 Å². The van der Waals surface area contributed by atoms with E-state index in [2.05, 4.69) is 0 Å². The molecule has 2 rings (SSSR count). The highest BCUT2D eigenvalue weighted by molar-refractivity contribution is 7.12. The quantitative estimate of drug-likeness (QED) is 0.620. The van der Waals surface area contributed by atoms with Crippen LogP contribution in [0, 0.1) is 6.92 Å². The summed E-state index contributed by atoms with van der Waals surface area (Å²) in [6, 6.07) is 7.82. The number of aryl methyl sites for hydroxylation is 1. The lowest BCUT2D eigenvalue weighted by atomic mass is 10.1. The zero-order chi connectivity index (χ0) is 10.8. The van der Waals surface area contributed by atoms with Crippen molar-refractivity contribution in [2.45, 2.75) is 6.92 Å². The highest BCUT2D eigenvalue weighted by atomic mass is 32.1. The minimum atomic E-state index is 0.740. The first-order chi connectivity index (χ1) is 7.20. The molecule has 0 unspecified atom stereocenters. The van der Waals surface area contributed by atoms with Gasteiger partial charge in [0.15, 0.2) is 6.29 Å². The Hall–Kier alpha value is -1.61. The standard InChI is InChI=1S/C12H11NOS/c1-8-2-3-9(5-12(8)13)10-4-11(6-14)15-7-10/h2-7H,13H2,1H3. The molecule has 2 nitrogen and oxygen atoms in total. The van der Waals surface area contributed by atoms with Crippen LogP contribution < -0.4 is 5.73 Å². The third kappa shape index (κ3) is 1.92. The molecule has 2 N–H and O–H groups in total. The molecule has 76 valence electrons. The Bertz CT molecular complexity index is 502. The Morgan fingerprint density at radius 3 is 2.67 bits per heavy atom. The van der Waals surface area contributed by atoms with E-state index >= 15 is 0 Å². The molecule has 0 saturated heterocycles. The van der Waals surface area contributed by atoms with Crippen LogP contribution in [-0.4, -0.2) is 6.29 Å². The van der Waals surface area contributed by atoms with Gasteiger partial charge in [0.05, 0.1) is 4.88 Å². The number of thiophene rings is 1. The van der Waals surface area contributed by atoms with Gasteiger partial charge in [0.2, 0.25) is 0 Å². The zero-order valence-electron chi connectivity index (χ0n) is 8.36. The van der Waals surface area contributed by atoms with Crippen molar-refractivity contribution in [3.63, 3.8) is 0 Å². The monoisotopic (exact) mass is 217 g/mol. The average molecular weight is 217 g/mol. The van der Waals surface area contributed by atoms with E-state index in [0.717, 1.165) is 33.5 Å². The van der Waals surface area contributed by atoms with Crippen molar-refractivity contribution >= 4 is 23.3 Å². The van der Waals surface area contributed by atoms with Crippen LogP contribution in [0.3, 0.4) is 0 Å². The van der Waals surface area contributed by atoms with Crippen molar-refractivity contribution in [3.05, 3.63) is 40.1 Å². The molecule has 0 aliphatic carbocycles. The summed E-state index contributed by atoms with van der Waals surface area (Å²) in [4.78, 5) is 11.3. The molecule has 15 heavy (non-hydrogen) atoms. The maximum absolute atomic E-state index is 10.6. The lowest BCUT2D eigenvalue weighted by molar-refractivity contribution is 0.112. The molecule has 2 aromatic rings. The Morgan fingerprint density at radius 2 is 2.07 bits per heavy atom. The van der Waals surface area contributed by atoms with E-state index in [1.54, 1.807) is 0 Å². The van der Waals surface area contributed by atoms with Crippen LogP contribution in [-0.2, 0) is 0 Å². The number of anilines is 1. The predicted molar refractivity (Wildman–Crippen MR) is 64.3 cm³/mol. The summed E-state index contributed by atoms with van der Waals surface area (Å²) in [5, 5.41) is 1.97. The molecular formula is C12H11NOS. The van der Waals surface area contributed by atoms with Gasteiger partial charge in [-0.05, 0) is 41.1 Å². The number of benzene rings is 1. The molecule has 0 aliphatic rings. The number of nitrogens with two attached hydrogens (primary N) is 1. The molecule has 1 aromatic carbocycles. The number of carbonyl (C=O) groups excluding carboxylic acids is 1. The van der Waals surface area contributed by atoms with E-state index in [-0.39, 0.29) is 0 Å². The molecular weight excluding hydrogens is 206 g/mol. The number of rotatable bonds is 2. The second-order valence-corrected chi connectivity index (χ2v) is 4.37. The van der Waals surface area contributed by atoms with E-state index in [9.17, 15) is 4.79 Å². The van der Waals surface area contributed by atoms with Crippen molar-refractivity contribution in [3.8, 4) is 11.1 Å². The zero-order valence-corrected chi connectivity index (χ0v) is 9.17. The minimum Gasteiger partial charge on any atom is -0.398 e. The van der Waals surface area contributed by atoms with Gasteiger partial charge in [0.25, 0.3) is 0 Å². The summed E-state index contributed by atoms with van der Waals surface area (Å²) in [7, 11) is 0. The van der Waals surface area contributed by atoms with Gasteiger partial charge in [-0.1, -0.05) is 12.1 Å². The van der Waals surface area contributed by atoms with Gasteiger partial charge in [-0.2, -0.15) is 0 Å². The molecule has 0 saturated carbocycles. The SMILES string of the molecule is Cc1ccc(-c2csc(C=O)c2)cc1N. The lowest BCUT2D eigenvalue weighted by Crippen LogP contribution is -1.89. The summed E-state index contributed by atoms with van der Waals surface area (Å²) in [6.07, 6.45) is 0.867. The molecule has 0 atom stereocenters. The first kappa shape index (κ1) is 9.93. The Balaban J connectivity index is 2.44. The maximum atomic E-state index is 10.6. The van der Waals surface area contributed by atoms with E-state index in [0.29, 0.717) is 0 Å². The van der Waals surface area contributed by atoms with Crippen molar-refractivity contribution < 1.29 is 4.79 Å². The molecule has 1 heterocycles. The van der Waals surface area contributed by atoms with Crippen LogP contribution in [0.4, 0.5) is 5.69 Å². The topological polar surface area (TPSA) is 43.1 Å². The maximum Gasteiger partial charge on any atom is 0.160 e. The molecule has 1 aromatic heterocycles. The molecule has 0 fully saturated rings. The van der Waals surface area contributed by atoms with Crippen molar-refractivity contribution in [1.82, 2.24) is 0 Å². The predicted octanol–water partition coefficient (Wildman–Crippen LogP) is 3.12. The number of hydrogen-bond acceptors (Lipinski definition) is 3. The molecule has 0 radical (unpaired) electrons. The van der Waals surface area contributed by atoms with Gasteiger partial charge >= 0.3 is 0 Å². The van der Waals surface area contributed by atoms with Gasteiger partial charge in [-0.3, -0.25) is 4.79 Å². The minimum absolute atomic E-state index is 0.740. The van der Waals surface area contributed by atoms with E-state index in [1.807, 2.05) is 36.6 Å². The Labute approximate surface area is 92.4 Å². The molecule has 0 bridgehead atoms. The van der Waals surface area contributed by atoms with Crippen LogP contribution in [0.25, 0.3) is 11.1 Å². The second kappa shape index (κ2) is 3.87. The first-order valence-corrected chi connectivity index (χ1v) is 5.49. The Kier molecular flexibility index (Phi) is 2.56. The van der Waals surface area contributed by atoms with Gasteiger partial charge in [-0.15, -0.1) is 11.3 Å². The summed E-state index contributed by atoms with van der Waals surface area (Å²) >= 11 is 1.45. The van der Waals surface area contributed by atoms with Gasteiger partial charge < -0.3 is 5.73 Å². The number of hydrogen-bond donors (Lipinski definition) is 1. The number of carbonyl (C=O) groups is 1. The van der Waals surface area contributed by atoms with Crippen LogP contribution >= 0.6 is 11.3 Å². The Morgan fingerprint density at radius 1 is 1.27 bits per heavy atom. The molecule has 3 heteroatoms. The third-order valence-corrected chi connectivity index (χ3v) is 3.21. The van der Waals surface area contributed by atoms with Gasteiger partial charge in [-0.25, -0.2) is 0 Å². The van der Waals surface area contributed by atoms with Crippen LogP contribution in [0.15, 0.2) is 29.6 Å². The fraction of sp³-hybridized carbons (Fsp3) is 0.0833. The smallest absolute Gasteiger partial charge is 0.160 e. The van der Waals surface area contributed by atoms with E-state index in [1.165, 1.54) is 11.3 Å². The van der Waals surface area contributed by atoms with Gasteiger partial charge in [0, 0.05) is 5.69 Å². The fourth-order valence-corrected chi connectivity index (χ4v) is 2.10. The van der Waals surface area contributed by atoms with Crippen LogP contribution in [0.5, 0.6) is 0 Å². The number of nitrogen functional groups attached to an aromatic ring is 1. The van der Waals surface area contributed by atoms with Crippen molar-refractivity contribution in [2.24, 2.45) is 0 Å². The summed E-state index contributed by atoms with van der Waals surface area (Å²) in [6.45, 7) is 1.98. The second-order valence-electron chi connectivity index (χ2n) is 3.43. The summed E-state index contributed by atoms with van der Waals surface area (Å²) < 4.78 is 0. The molecule has 0 amide bonds. The number of aldehydes is 1. The summed E-state index contributed by atoms with van der Waals surface area (Å²) in [5.74, 6) is 0. The highest BCUT2D eigenvalue weighted by Gasteiger charge is 2.03. The van der Waals surface area contributed by atoms with E-state index < -0.39 is 0 Å². The van der Waals surface area contributed by atoms with Crippen molar-refractivity contribution in [2.75, 3.05) is 5.73 Å².